The van der Waals surface area contributed by atoms with Crippen LogP contribution in [-0.2, 0) is 16.1 Å². The Hall–Kier alpha value is -2.73. The summed E-state index contributed by atoms with van der Waals surface area (Å²) >= 11 is 5.94. The van der Waals surface area contributed by atoms with Gasteiger partial charge in [-0.2, -0.15) is 0 Å². The SMILES string of the molecule is CC[C@@H](C(=O)NC)N(Cc1ccc(Cl)cc1)C(=O)COc1ccc(OC)cc1. The van der Waals surface area contributed by atoms with Crippen LogP contribution >= 0.6 is 11.6 Å². The third-order valence-corrected chi connectivity index (χ3v) is 4.57. The quantitative estimate of drug-likeness (QED) is 0.696. The van der Waals surface area contributed by atoms with Crippen LogP contribution in [0.1, 0.15) is 18.9 Å². The molecule has 0 saturated carbocycles. The second-order valence-corrected chi connectivity index (χ2v) is 6.59. The minimum absolute atomic E-state index is 0.173. The molecular weight excluding hydrogens is 380 g/mol. The Morgan fingerprint density at radius 2 is 1.68 bits per heavy atom. The molecule has 0 spiro atoms. The fraction of sp³-hybridized carbons (Fsp3) is 0.333. The normalized spacial score (nSPS) is 11.4. The Kier molecular flexibility index (Phi) is 8.14. The first-order valence-electron chi connectivity index (χ1n) is 9.00. The lowest BCUT2D eigenvalue weighted by atomic mass is 10.1. The van der Waals surface area contributed by atoms with Gasteiger partial charge in [0, 0.05) is 18.6 Å². The summed E-state index contributed by atoms with van der Waals surface area (Å²) in [5.74, 6) is 0.762. The molecule has 0 fully saturated rings. The molecule has 1 atom stereocenters. The van der Waals surface area contributed by atoms with Crippen molar-refractivity contribution >= 4 is 23.4 Å². The van der Waals surface area contributed by atoms with Gasteiger partial charge in [-0.25, -0.2) is 0 Å². The second-order valence-electron chi connectivity index (χ2n) is 6.15. The largest absolute Gasteiger partial charge is 0.497 e. The first-order chi connectivity index (χ1) is 13.5. The van der Waals surface area contributed by atoms with Gasteiger partial charge in [0.2, 0.25) is 5.91 Å². The van der Waals surface area contributed by atoms with Gasteiger partial charge in [-0.3, -0.25) is 9.59 Å². The first-order valence-corrected chi connectivity index (χ1v) is 9.38. The molecular formula is C21H25ClN2O4. The lowest BCUT2D eigenvalue weighted by Gasteiger charge is -2.30. The van der Waals surface area contributed by atoms with Gasteiger partial charge in [-0.15, -0.1) is 0 Å². The molecule has 0 saturated heterocycles. The average Bonchev–Trinajstić information content (AvgIpc) is 2.73. The van der Waals surface area contributed by atoms with Crippen LogP contribution in [-0.4, -0.2) is 43.5 Å². The van der Waals surface area contributed by atoms with Crippen molar-refractivity contribution in [2.24, 2.45) is 0 Å². The van der Waals surface area contributed by atoms with Crippen LogP contribution in [0.3, 0.4) is 0 Å². The lowest BCUT2D eigenvalue weighted by Crippen LogP contribution is -2.49. The van der Waals surface area contributed by atoms with E-state index in [9.17, 15) is 9.59 Å². The number of methoxy groups -OCH3 is 1. The molecule has 150 valence electrons. The smallest absolute Gasteiger partial charge is 0.261 e. The molecule has 2 rings (SSSR count). The molecule has 0 radical (unpaired) electrons. The maximum absolute atomic E-state index is 12.9. The summed E-state index contributed by atoms with van der Waals surface area (Å²) in [6, 6.07) is 13.6. The standard InChI is InChI=1S/C21H25ClN2O4/c1-4-19(21(26)23-2)24(13-15-5-7-16(22)8-6-15)20(25)14-28-18-11-9-17(27-3)10-12-18/h5-12,19H,4,13-14H2,1-3H3,(H,23,26)/t19-/m0/s1. The summed E-state index contributed by atoms with van der Waals surface area (Å²) in [4.78, 5) is 26.7. The fourth-order valence-corrected chi connectivity index (χ4v) is 2.90. The van der Waals surface area contributed by atoms with Crippen molar-refractivity contribution in [3.8, 4) is 11.5 Å². The van der Waals surface area contributed by atoms with Crippen molar-refractivity contribution < 1.29 is 19.1 Å². The van der Waals surface area contributed by atoms with E-state index in [1.165, 1.54) is 4.90 Å². The molecule has 0 aliphatic rings. The first kappa shape index (κ1) is 21.6. The Balaban J connectivity index is 2.14. The van der Waals surface area contributed by atoms with Crippen LogP contribution in [0.5, 0.6) is 11.5 Å². The van der Waals surface area contributed by atoms with Crippen molar-refractivity contribution in [1.29, 1.82) is 0 Å². The van der Waals surface area contributed by atoms with Crippen LogP contribution < -0.4 is 14.8 Å². The van der Waals surface area contributed by atoms with Gasteiger partial charge >= 0.3 is 0 Å². The van der Waals surface area contributed by atoms with E-state index in [0.717, 1.165) is 5.56 Å². The van der Waals surface area contributed by atoms with Gasteiger partial charge in [-0.1, -0.05) is 30.7 Å². The number of carbonyl (C=O) groups excluding carboxylic acids is 2. The minimum atomic E-state index is -0.590. The van der Waals surface area contributed by atoms with Crippen LogP contribution in [0, 0.1) is 0 Å². The summed E-state index contributed by atoms with van der Waals surface area (Å²) < 4.78 is 10.7. The van der Waals surface area contributed by atoms with E-state index >= 15 is 0 Å². The van der Waals surface area contributed by atoms with Crippen molar-refractivity contribution in [3.63, 3.8) is 0 Å². The second kappa shape index (κ2) is 10.6. The Bertz CT molecular complexity index is 778. The van der Waals surface area contributed by atoms with E-state index in [2.05, 4.69) is 5.32 Å². The number of amides is 2. The van der Waals surface area contributed by atoms with Crippen molar-refractivity contribution in [2.45, 2.75) is 25.9 Å². The molecule has 2 amide bonds. The minimum Gasteiger partial charge on any atom is -0.497 e. The van der Waals surface area contributed by atoms with E-state index in [1.54, 1.807) is 50.6 Å². The molecule has 1 N–H and O–H groups in total. The summed E-state index contributed by atoms with van der Waals surface area (Å²) in [6.07, 6.45) is 0.488. The highest BCUT2D eigenvalue weighted by atomic mass is 35.5. The van der Waals surface area contributed by atoms with Gasteiger partial charge in [0.15, 0.2) is 6.61 Å². The maximum Gasteiger partial charge on any atom is 0.261 e. The van der Waals surface area contributed by atoms with Crippen LogP contribution in [0.25, 0.3) is 0 Å². The Labute approximate surface area is 170 Å². The monoisotopic (exact) mass is 404 g/mol. The number of hydrogen-bond donors (Lipinski definition) is 1. The van der Waals surface area contributed by atoms with Gasteiger partial charge in [0.1, 0.15) is 17.5 Å². The molecule has 0 aliphatic heterocycles. The lowest BCUT2D eigenvalue weighted by molar-refractivity contribution is -0.142. The summed E-state index contributed by atoms with van der Waals surface area (Å²) in [5, 5.41) is 3.24. The molecule has 7 heteroatoms. The predicted octanol–water partition coefficient (Wildman–Crippen LogP) is 3.28. The Morgan fingerprint density at radius 1 is 1.07 bits per heavy atom. The zero-order valence-corrected chi connectivity index (χ0v) is 17.0. The van der Waals surface area contributed by atoms with E-state index in [-0.39, 0.29) is 25.0 Å². The number of likely N-dealkylation sites (N-methyl/N-ethyl adjacent to an activating group) is 1. The van der Waals surface area contributed by atoms with Gasteiger partial charge in [-0.05, 0) is 48.4 Å². The molecule has 0 heterocycles. The zero-order valence-electron chi connectivity index (χ0n) is 16.3. The molecule has 0 bridgehead atoms. The zero-order chi connectivity index (χ0) is 20.5. The topological polar surface area (TPSA) is 67.9 Å². The van der Waals surface area contributed by atoms with E-state index in [1.807, 2.05) is 19.1 Å². The number of hydrogen-bond acceptors (Lipinski definition) is 4. The fourth-order valence-electron chi connectivity index (χ4n) is 2.77. The Morgan fingerprint density at radius 3 is 2.21 bits per heavy atom. The number of ether oxygens (including phenoxy) is 2. The highest BCUT2D eigenvalue weighted by molar-refractivity contribution is 6.30. The van der Waals surface area contributed by atoms with Crippen LogP contribution in [0.4, 0.5) is 0 Å². The van der Waals surface area contributed by atoms with E-state index in [4.69, 9.17) is 21.1 Å². The summed E-state index contributed by atoms with van der Waals surface area (Å²) in [6.45, 7) is 1.98. The van der Waals surface area contributed by atoms with Crippen LogP contribution in [0.15, 0.2) is 48.5 Å². The summed E-state index contributed by atoms with van der Waals surface area (Å²) in [5.41, 5.74) is 0.879. The van der Waals surface area contributed by atoms with Gasteiger partial charge in [0.25, 0.3) is 5.91 Å². The average molecular weight is 405 g/mol. The van der Waals surface area contributed by atoms with Crippen molar-refractivity contribution in [1.82, 2.24) is 10.2 Å². The van der Waals surface area contributed by atoms with Crippen molar-refractivity contribution in [3.05, 3.63) is 59.1 Å². The highest BCUT2D eigenvalue weighted by Gasteiger charge is 2.28. The number of halogens is 1. The number of benzene rings is 2. The third-order valence-electron chi connectivity index (χ3n) is 4.32. The molecule has 2 aromatic carbocycles. The molecule has 0 aromatic heterocycles. The van der Waals surface area contributed by atoms with Crippen molar-refractivity contribution in [2.75, 3.05) is 20.8 Å². The van der Waals surface area contributed by atoms with Crippen LogP contribution in [0.2, 0.25) is 5.02 Å². The van der Waals surface area contributed by atoms with Gasteiger partial charge in [0.05, 0.1) is 7.11 Å². The highest BCUT2D eigenvalue weighted by Crippen LogP contribution is 2.18. The summed E-state index contributed by atoms with van der Waals surface area (Å²) in [7, 11) is 3.14. The molecule has 0 aliphatic carbocycles. The number of nitrogens with zero attached hydrogens (tertiary/aromatic N) is 1. The van der Waals surface area contributed by atoms with E-state index in [0.29, 0.717) is 22.9 Å². The van der Waals surface area contributed by atoms with Gasteiger partial charge < -0.3 is 19.7 Å². The molecule has 2 aromatic rings. The number of rotatable bonds is 9. The molecule has 0 unspecified atom stereocenters. The molecule has 6 nitrogen and oxygen atoms in total. The number of carbonyl (C=O) groups is 2. The van der Waals surface area contributed by atoms with E-state index < -0.39 is 6.04 Å². The number of nitrogens with one attached hydrogen (secondary N) is 1. The molecule has 28 heavy (non-hydrogen) atoms. The predicted molar refractivity (Wildman–Crippen MR) is 109 cm³/mol. The maximum atomic E-state index is 12.9. The third kappa shape index (κ3) is 5.89.